The third-order valence-corrected chi connectivity index (χ3v) is 7.76. The molecule has 1 atom stereocenters. The standard InChI is InChI=1S/C34H46N6O11S/c1-31(2,3)48-27(43)24(51-37-25(26(41)42)22-16-52-28(35-22)36-29(44)49-32(4,5)6)15-47-21-11-12-23-20(13-21)14-40(38(23)10)19-34(46)17-39(18-34)30(45)50-33(7,8)9/h11-14,16,24,46H,15,17-19H2,1-10H3,(H-,35,36,41,42,44)/p+1/b37-25-/t24-/m0/s1. The molecule has 2 aromatic heterocycles. The molecule has 1 saturated heterocycles. The lowest BCUT2D eigenvalue weighted by Gasteiger charge is -2.45. The number of ether oxygens (including phenoxy) is 4. The molecule has 2 amide bonds. The highest BCUT2D eigenvalue weighted by molar-refractivity contribution is 7.14. The van der Waals surface area contributed by atoms with Crippen molar-refractivity contribution in [3.05, 3.63) is 35.5 Å². The summed E-state index contributed by atoms with van der Waals surface area (Å²) in [6.07, 6.45) is -0.916. The number of thiazole rings is 1. The zero-order valence-corrected chi connectivity index (χ0v) is 31.8. The third-order valence-electron chi connectivity index (χ3n) is 7.00. The maximum absolute atomic E-state index is 13.1. The van der Waals surface area contributed by atoms with E-state index in [1.165, 1.54) is 10.3 Å². The quantitative estimate of drug-likeness (QED) is 0.0842. The van der Waals surface area contributed by atoms with E-state index in [1.807, 2.05) is 22.6 Å². The van der Waals surface area contributed by atoms with Crippen LogP contribution in [0.25, 0.3) is 10.9 Å². The topological polar surface area (TPSA) is 204 Å². The summed E-state index contributed by atoms with van der Waals surface area (Å²) in [6, 6.07) is 5.21. The molecule has 1 aliphatic heterocycles. The van der Waals surface area contributed by atoms with E-state index in [4.69, 9.17) is 23.8 Å². The Morgan fingerprint density at radius 3 is 2.25 bits per heavy atom. The molecule has 52 heavy (non-hydrogen) atoms. The van der Waals surface area contributed by atoms with Gasteiger partial charge < -0.3 is 38.9 Å². The van der Waals surface area contributed by atoms with Crippen LogP contribution < -0.4 is 14.7 Å². The minimum Gasteiger partial charge on any atom is -0.489 e. The summed E-state index contributed by atoms with van der Waals surface area (Å²) in [5.41, 5.74) is -3.38. The Bertz CT molecular complexity index is 1840. The number of hydrogen-bond donors (Lipinski definition) is 3. The first-order valence-electron chi connectivity index (χ1n) is 16.4. The van der Waals surface area contributed by atoms with Crippen molar-refractivity contribution in [3.8, 4) is 5.75 Å². The molecule has 0 bridgehead atoms. The molecule has 3 N–H and O–H groups in total. The SMILES string of the molecule is C[n+]1c2ccc(OC[C@H](O/N=C(\C(=O)O)c3csc(NC(=O)OC(C)(C)C)n3)C(=O)OC(C)(C)C)cc2cn1CC1(O)CN(C(=O)OC(C)(C)C)C1. The van der Waals surface area contributed by atoms with Crippen LogP contribution in [0.1, 0.15) is 68.0 Å². The van der Waals surface area contributed by atoms with Crippen molar-refractivity contribution >= 4 is 57.2 Å². The second-order valence-electron chi connectivity index (χ2n) is 15.4. The van der Waals surface area contributed by atoms with Gasteiger partial charge in [0.15, 0.2) is 12.2 Å². The lowest BCUT2D eigenvalue weighted by atomic mass is 9.95. The van der Waals surface area contributed by atoms with Crippen LogP contribution in [0.2, 0.25) is 0 Å². The molecule has 284 valence electrons. The van der Waals surface area contributed by atoms with Gasteiger partial charge in [0.2, 0.25) is 11.2 Å². The third kappa shape index (κ3) is 11.0. The number of esters is 1. The molecule has 1 aliphatic rings. The van der Waals surface area contributed by atoms with E-state index in [9.17, 15) is 29.4 Å². The van der Waals surface area contributed by atoms with Gasteiger partial charge in [-0.2, -0.15) is 4.68 Å². The number of carbonyl (C=O) groups is 4. The average Bonchev–Trinajstić information content (AvgIpc) is 3.53. The second kappa shape index (κ2) is 14.9. The zero-order chi connectivity index (χ0) is 38.8. The lowest BCUT2D eigenvalue weighted by molar-refractivity contribution is -0.732. The molecule has 0 saturated carbocycles. The summed E-state index contributed by atoms with van der Waals surface area (Å²) >= 11 is 0.942. The van der Waals surface area contributed by atoms with Gasteiger partial charge in [-0.1, -0.05) is 5.16 Å². The largest absolute Gasteiger partial charge is 0.489 e. The van der Waals surface area contributed by atoms with Gasteiger partial charge in [0, 0.05) is 11.4 Å². The van der Waals surface area contributed by atoms with Gasteiger partial charge >= 0.3 is 24.1 Å². The van der Waals surface area contributed by atoms with Gasteiger partial charge in [-0.3, -0.25) is 5.32 Å². The van der Waals surface area contributed by atoms with Gasteiger partial charge in [-0.25, -0.2) is 24.2 Å². The molecule has 18 heteroatoms. The fourth-order valence-corrected chi connectivity index (χ4v) is 5.58. The van der Waals surface area contributed by atoms with Gasteiger partial charge in [0.25, 0.3) is 6.10 Å². The molecule has 4 rings (SSSR count). The molecule has 0 unspecified atom stereocenters. The van der Waals surface area contributed by atoms with Crippen LogP contribution in [0.15, 0.2) is 34.9 Å². The summed E-state index contributed by atoms with van der Waals surface area (Å²) in [6.45, 7) is 15.5. The van der Waals surface area contributed by atoms with Crippen molar-refractivity contribution in [1.82, 2.24) is 14.6 Å². The number of carboxylic acid groups (broad SMARTS) is 1. The monoisotopic (exact) mass is 747 g/mol. The van der Waals surface area contributed by atoms with E-state index in [0.717, 1.165) is 22.2 Å². The number of nitrogens with zero attached hydrogens (tertiary/aromatic N) is 5. The van der Waals surface area contributed by atoms with Crippen molar-refractivity contribution in [1.29, 1.82) is 0 Å². The molecule has 1 fully saturated rings. The number of β-amino-alcohol motifs (C(OH)–C–C–N with tert-alkyl or cyclic N) is 1. The Morgan fingerprint density at radius 2 is 1.65 bits per heavy atom. The maximum Gasteiger partial charge on any atom is 0.413 e. The number of rotatable bonds is 11. The Morgan fingerprint density at radius 1 is 1.02 bits per heavy atom. The highest BCUT2D eigenvalue weighted by Crippen LogP contribution is 2.27. The predicted octanol–water partition coefficient (Wildman–Crippen LogP) is 3.85. The maximum atomic E-state index is 13.1. The lowest BCUT2D eigenvalue weighted by Crippen LogP contribution is -2.66. The van der Waals surface area contributed by atoms with E-state index >= 15 is 0 Å². The summed E-state index contributed by atoms with van der Waals surface area (Å²) in [4.78, 5) is 60.7. The normalized spacial score (nSPS) is 15.4. The number of anilines is 1. The van der Waals surface area contributed by atoms with Crippen molar-refractivity contribution in [2.45, 2.75) is 97.4 Å². The average molecular weight is 748 g/mol. The fraction of sp³-hybridized carbons (Fsp3) is 0.559. The number of likely N-dealkylation sites (tertiary alicyclic amines) is 1. The summed E-state index contributed by atoms with van der Waals surface area (Å²) < 4.78 is 25.7. The van der Waals surface area contributed by atoms with Crippen LogP contribution in [0.3, 0.4) is 0 Å². The molecule has 0 spiro atoms. The number of aliphatic carboxylic acids is 1. The smallest absolute Gasteiger partial charge is 0.413 e. The molecule has 0 radical (unpaired) electrons. The zero-order valence-electron chi connectivity index (χ0n) is 31.0. The molecular weight excluding hydrogens is 700 g/mol. The van der Waals surface area contributed by atoms with E-state index in [2.05, 4.69) is 15.5 Å². The van der Waals surface area contributed by atoms with E-state index in [1.54, 1.807) is 80.5 Å². The number of aryl methyl sites for hydroxylation is 1. The minimum atomic E-state index is -1.50. The van der Waals surface area contributed by atoms with Crippen molar-refractivity contribution < 1.29 is 57.9 Å². The first-order valence-corrected chi connectivity index (χ1v) is 17.3. The van der Waals surface area contributed by atoms with Gasteiger partial charge in [0.1, 0.15) is 47.0 Å². The number of fused-ring (bicyclic) bond motifs is 1. The first-order chi connectivity index (χ1) is 23.9. The van der Waals surface area contributed by atoms with E-state index < -0.39 is 65.0 Å². The number of amides is 2. The number of aliphatic hydroxyl groups is 1. The van der Waals surface area contributed by atoms with Crippen LogP contribution in [0, 0.1) is 0 Å². The number of carbonyl (C=O) groups excluding carboxylic acids is 3. The molecule has 3 aromatic rings. The van der Waals surface area contributed by atoms with Crippen molar-refractivity contribution in [3.63, 3.8) is 0 Å². The molecule has 3 heterocycles. The number of benzene rings is 1. The molecule has 17 nitrogen and oxygen atoms in total. The predicted molar refractivity (Wildman–Crippen MR) is 188 cm³/mol. The van der Waals surface area contributed by atoms with Crippen molar-refractivity contribution in [2.24, 2.45) is 12.2 Å². The van der Waals surface area contributed by atoms with E-state index in [0.29, 0.717) is 5.75 Å². The minimum absolute atomic E-state index is 0.0625. The Hall–Kier alpha value is -4.97. The molecule has 1 aromatic carbocycles. The summed E-state index contributed by atoms with van der Waals surface area (Å²) in [7, 11) is 1.83. The molecule has 0 aliphatic carbocycles. The number of nitrogens with one attached hydrogen (secondary N) is 1. The number of hydrogen-bond acceptors (Lipinski definition) is 13. The Labute approximate surface area is 305 Å². The van der Waals surface area contributed by atoms with E-state index in [-0.39, 0.29) is 30.5 Å². The molecular formula is C34H47N6O11S+. The van der Waals surface area contributed by atoms with Gasteiger partial charge in [0.05, 0.1) is 24.7 Å². The second-order valence-corrected chi connectivity index (χ2v) is 16.2. The fourth-order valence-electron chi connectivity index (χ4n) is 4.90. The van der Waals surface area contributed by atoms with Gasteiger partial charge in [-0.05, 0) is 74.4 Å². The summed E-state index contributed by atoms with van der Waals surface area (Å²) in [5.74, 6) is -1.98. The number of aromatic nitrogens is 3. The van der Waals surface area contributed by atoms with Crippen LogP contribution in [-0.2, 0) is 42.2 Å². The number of oxime groups is 1. The van der Waals surface area contributed by atoms with Crippen LogP contribution in [-0.4, -0.2) is 103 Å². The van der Waals surface area contributed by atoms with Gasteiger partial charge in [-0.15, -0.1) is 16.0 Å². The number of carboxylic acids is 1. The summed E-state index contributed by atoms with van der Waals surface area (Å²) in [5, 5.41) is 29.3. The highest BCUT2D eigenvalue weighted by Gasteiger charge is 2.46. The van der Waals surface area contributed by atoms with Crippen LogP contribution in [0.4, 0.5) is 14.7 Å². The van der Waals surface area contributed by atoms with Crippen molar-refractivity contribution in [2.75, 3.05) is 25.0 Å². The van der Waals surface area contributed by atoms with Crippen LogP contribution >= 0.6 is 11.3 Å². The Kier molecular flexibility index (Phi) is 11.4. The van der Waals surface area contributed by atoms with Crippen LogP contribution in [0.5, 0.6) is 5.75 Å². The Balaban J connectivity index is 1.47. The highest BCUT2D eigenvalue weighted by atomic mass is 32.1. The first kappa shape index (κ1) is 39.8.